The number of rotatable bonds is 11. The Kier molecular flexibility index (Phi) is 9.13. The zero-order valence-corrected chi connectivity index (χ0v) is 26.9. The Morgan fingerprint density at radius 3 is 2.25 bits per heavy atom. The van der Waals surface area contributed by atoms with Crippen molar-refractivity contribution in [1.29, 1.82) is 0 Å². The minimum absolute atomic E-state index is 0.221. The highest BCUT2D eigenvalue weighted by molar-refractivity contribution is 7.90. The molecule has 0 aliphatic carbocycles. The number of carbonyl (C=O) groups excluding carboxylic acids is 1. The number of methoxy groups -OCH3 is 1. The molecule has 0 amide bonds. The van der Waals surface area contributed by atoms with Crippen LogP contribution in [0, 0.1) is 0 Å². The van der Waals surface area contributed by atoms with Crippen molar-refractivity contribution in [3.05, 3.63) is 113 Å². The highest BCUT2D eigenvalue weighted by Crippen LogP contribution is 2.50. The quantitative estimate of drug-likeness (QED) is 0.0927. The Morgan fingerprint density at radius 1 is 0.864 bits per heavy atom. The van der Waals surface area contributed by atoms with Crippen LogP contribution in [0.5, 0.6) is 11.5 Å². The second kappa shape index (κ2) is 12.8. The van der Waals surface area contributed by atoms with Crippen molar-refractivity contribution in [2.75, 3.05) is 31.9 Å². The van der Waals surface area contributed by atoms with E-state index in [-0.39, 0.29) is 16.8 Å². The third-order valence-electron chi connectivity index (χ3n) is 8.61. The van der Waals surface area contributed by atoms with Crippen molar-refractivity contribution in [3.63, 3.8) is 0 Å². The van der Waals surface area contributed by atoms with Crippen LogP contribution in [-0.2, 0) is 21.0 Å². The molecule has 230 valence electrons. The van der Waals surface area contributed by atoms with E-state index >= 15 is 0 Å². The lowest BCUT2D eigenvalue weighted by molar-refractivity contribution is 0.0599. The number of aryl methyl sites for hydroxylation is 1. The molecular weight excluding hydrogens is 572 g/mol. The summed E-state index contributed by atoms with van der Waals surface area (Å²) in [5.41, 5.74) is 10.1. The van der Waals surface area contributed by atoms with Gasteiger partial charge in [0.1, 0.15) is 24.6 Å². The van der Waals surface area contributed by atoms with Crippen LogP contribution in [-0.4, -0.2) is 40.8 Å². The number of hydrogen-bond donors (Lipinski definition) is 1. The average Bonchev–Trinajstić information content (AvgIpc) is 3.04. The molecule has 1 N–H and O–H groups in total. The summed E-state index contributed by atoms with van der Waals surface area (Å²) in [6.07, 6.45) is 4.40. The summed E-state index contributed by atoms with van der Waals surface area (Å²) in [6, 6.07) is 27.2. The second-order valence-corrected chi connectivity index (χ2v) is 13.3. The van der Waals surface area contributed by atoms with Crippen LogP contribution in [0.2, 0.25) is 0 Å². The number of ether oxygens (including phenoxy) is 2. The molecule has 0 radical (unpaired) electrons. The number of carbonyl (C=O) groups is 1. The van der Waals surface area contributed by atoms with Crippen LogP contribution in [0.25, 0.3) is 0 Å². The highest BCUT2D eigenvalue weighted by Gasteiger charge is 2.35. The third kappa shape index (κ3) is 6.10. The number of nitrogens with zero attached hydrogens (tertiary/aromatic N) is 1. The molecule has 0 saturated heterocycles. The number of unbranched alkanes of at least 4 members (excludes halogenated alkanes) is 1. The van der Waals surface area contributed by atoms with Gasteiger partial charge in [0, 0.05) is 35.4 Å². The minimum Gasteiger partial charge on any atom is -0.465 e. The number of anilines is 1. The minimum atomic E-state index is -3.29. The molecule has 44 heavy (non-hydrogen) atoms. The van der Waals surface area contributed by atoms with Gasteiger partial charge in [0.25, 0.3) is 0 Å². The molecule has 0 bridgehead atoms. The van der Waals surface area contributed by atoms with Crippen LogP contribution in [0.3, 0.4) is 0 Å². The lowest BCUT2D eigenvalue weighted by atomic mass is 9.79. The van der Waals surface area contributed by atoms with Crippen LogP contribution < -0.4 is 14.8 Å². The molecule has 1 aliphatic rings. The first-order chi connectivity index (χ1) is 21.1. The molecule has 1 aliphatic heterocycles. The third-order valence-corrected chi connectivity index (χ3v) is 9.74. The molecule has 1 unspecified atom stereocenters. The van der Waals surface area contributed by atoms with Gasteiger partial charge in [0.15, 0.2) is 15.5 Å². The summed E-state index contributed by atoms with van der Waals surface area (Å²) in [6.45, 7) is 7.88. The SMILES string of the molecule is CCCCc1ccc2c(c1)C(c1ccccc1C(=O)OC)c1ccc([N+](CC)(CC)Nc3ccc(S(C)(=O)=O)cc3)cc1O2. The maximum Gasteiger partial charge on any atom is 0.338 e. The van der Waals surface area contributed by atoms with E-state index in [9.17, 15) is 13.2 Å². The standard InChI is InChI=1S/C36H41N2O5S/c1-6-9-12-25-15-22-33-32(23-25)35(29-13-10-11-14-30(29)36(39)42-4)31-21-18-27(24-34(31)43-33)38(7-2,8-3)37-26-16-19-28(20-17-26)44(5,40)41/h10-11,13-24,35,37H,6-9,12H2,1-5H3/q+1. The highest BCUT2D eigenvalue weighted by atomic mass is 32.2. The zero-order chi connectivity index (χ0) is 31.5. The van der Waals surface area contributed by atoms with E-state index in [2.05, 4.69) is 56.5 Å². The molecule has 0 spiro atoms. The second-order valence-electron chi connectivity index (χ2n) is 11.3. The van der Waals surface area contributed by atoms with Gasteiger partial charge in [-0.1, -0.05) is 43.7 Å². The van der Waals surface area contributed by atoms with Crippen LogP contribution in [0.15, 0.2) is 89.8 Å². The van der Waals surface area contributed by atoms with Gasteiger partial charge in [0.2, 0.25) is 0 Å². The Hall–Kier alpha value is -4.14. The maximum absolute atomic E-state index is 12.9. The topological polar surface area (TPSA) is 81.7 Å². The van der Waals surface area contributed by atoms with Crippen molar-refractivity contribution in [2.24, 2.45) is 0 Å². The monoisotopic (exact) mass is 613 g/mol. The molecule has 1 atom stereocenters. The number of benzene rings is 4. The zero-order valence-electron chi connectivity index (χ0n) is 26.1. The number of esters is 1. The summed E-state index contributed by atoms with van der Waals surface area (Å²) in [5.74, 6) is 0.920. The summed E-state index contributed by atoms with van der Waals surface area (Å²) in [5, 5.41) is 0. The summed E-state index contributed by atoms with van der Waals surface area (Å²) in [4.78, 5) is 13.2. The van der Waals surface area contributed by atoms with Crippen molar-refractivity contribution in [1.82, 2.24) is 4.59 Å². The molecule has 5 rings (SSSR count). The van der Waals surface area contributed by atoms with Gasteiger partial charge in [0.05, 0.1) is 23.3 Å². The molecule has 1 heterocycles. The lowest BCUT2D eigenvalue weighted by Gasteiger charge is -2.37. The fourth-order valence-electron chi connectivity index (χ4n) is 6.07. The number of nitrogens with one attached hydrogen (secondary N) is 1. The largest absolute Gasteiger partial charge is 0.465 e. The summed E-state index contributed by atoms with van der Waals surface area (Å²) < 4.78 is 36.2. The molecule has 0 aromatic heterocycles. The van der Waals surface area contributed by atoms with Crippen LogP contribution in [0.4, 0.5) is 11.4 Å². The Bertz CT molecular complexity index is 1760. The van der Waals surface area contributed by atoms with Crippen LogP contribution >= 0.6 is 0 Å². The van der Waals surface area contributed by atoms with E-state index in [1.165, 1.54) is 18.9 Å². The first-order valence-corrected chi connectivity index (χ1v) is 17.1. The van der Waals surface area contributed by atoms with Gasteiger partial charge in [-0.2, -0.15) is 4.59 Å². The van der Waals surface area contributed by atoms with Crippen LogP contribution in [0.1, 0.15) is 72.1 Å². The molecule has 0 saturated carbocycles. The number of sulfone groups is 1. The van der Waals surface area contributed by atoms with E-state index in [1.54, 1.807) is 24.3 Å². The Morgan fingerprint density at radius 2 is 1.59 bits per heavy atom. The number of hydrogen-bond acceptors (Lipinski definition) is 6. The molecule has 7 nitrogen and oxygen atoms in total. The number of fused-ring (bicyclic) bond motifs is 2. The normalized spacial score (nSPS) is 14.2. The molecule has 4 aromatic rings. The average molecular weight is 614 g/mol. The predicted molar refractivity (Wildman–Crippen MR) is 176 cm³/mol. The smallest absolute Gasteiger partial charge is 0.338 e. The van der Waals surface area contributed by atoms with E-state index < -0.39 is 9.84 Å². The fourth-order valence-corrected chi connectivity index (χ4v) is 6.70. The van der Waals surface area contributed by atoms with Gasteiger partial charge < -0.3 is 9.47 Å². The van der Waals surface area contributed by atoms with Gasteiger partial charge in [-0.05, 0) is 80.3 Å². The van der Waals surface area contributed by atoms with Gasteiger partial charge in [-0.25, -0.2) is 18.6 Å². The van der Waals surface area contributed by atoms with Crippen molar-refractivity contribution in [2.45, 2.75) is 50.8 Å². The lowest BCUT2D eigenvalue weighted by Crippen LogP contribution is -2.53. The summed E-state index contributed by atoms with van der Waals surface area (Å²) >= 11 is 0. The van der Waals surface area contributed by atoms with Crippen molar-refractivity contribution in [3.8, 4) is 11.5 Å². The van der Waals surface area contributed by atoms with Crippen molar-refractivity contribution >= 4 is 27.2 Å². The summed E-state index contributed by atoms with van der Waals surface area (Å²) in [7, 11) is -1.87. The number of quaternary nitrogens is 1. The van der Waals surface area contributed by atoms with Crippen molar-refractivity contribution < 1.29 is 22.7 Å². The fraction of sp³-hybridized carbons (Fsp3) is 0.306. The van der Waals surface area contributed by atoms with E-state index in [4.69, 9.17) is 9.47 Å². The van der Waals surface area contributed by atoms with Gasteiger partial charge in [-0.15, -0.1) is 0 Å². The molecule has 4 aromatic carbocycles. The molecular formula is C36H41N2O5S+. The predicted octanol–water partition coefficient (Wildman–Crippen LogP) is 7.88. The first-order valence-electron chi connectivity index (χ1n) is 15.2. The maximum atomic E-state index is 12.9. The Balaban J connectivity index is 1.61. The molecule has 0 fully saturated rings. The van der Waals surface area contributed by atoms with E-state index in [0.717, 1.165) is 71.9 Å². The van der Waals surface area contributed by atoms with Gasteiger partial charge in [-0.3, -0.25) is 0 Å². The first kappa shape index (κ1) is 31.3. The van der Waals surface area contributed by atoms with E-state index in [1.807, 2.05) is 30.3 Å². The van der Waals surface area contributed by atoms with Gasteiger partial charge >= 0.3 is 5.97 Å². The molecule has 8 heteroatoms. The van der Waals surface area contributed by atoms with E-state index in [0.29, 0.717) is 10.2 Å². The Labute approximate surface area is 260 Å².